The number of aromatic nitrogens is 7. The van der Waals surface area contributed by atoms with Crippen LogP contribution < -0.4 is 0 Å². The van der Waals surface area contributed by atoms with Gasteiger partial charge in [-0.05, 0) is 59.7 Å². The smallest absolute Gasteiger partial charge is 0.238 e. The summed E-state index contributed by atoms with van der Waals surface area (Å²) in [4.78, 5) is 26.3. The van der Waals surface area contributed by atoms with E-state index < -0.39 is 0 Å². The minimum atomic E-state index is 0.545. The highest BCUT2D eigenvalue weighted by Gasteiger charge is 2.23. The van der Waals surface area contributed by atoms with Gasteiger partial charge >= 0.3 is 0 Å². The van der Waals surface area contributed by atoms with Crippen LogP contribution in [0.2, 0.25) is 0 Å². The fourth-order valence-corrected chi connectivity index (χ4v) is 9.62. The molecule has 0 amide bonds. The van der Waals surface area contributed by atoms with Gasteiger partial charge in [0.1, 0.15) is 0 Å². The highest BCUT2D eigenvalue weighted by Crippen LogP contribution is 2.41. The lowest BCUT2D eigenvalue weighted by Crippen LogP contribution is -2.06. The van der Waals surface area contributed by atoms with Crippen molar-refractivity contribution in [1.82, 2.24) is 34.1 Å². The summed E-state index contributed by atoms with van der Waals surface area (Å²) in [6.07, 6.45) is 0. The Morgan fingerprint density at radius 1 is 0.250 bits per heavy atom. The number of rotatable bonds is 8. The van der Waals surface area contributed by atoms with E-state index in [2.05, 4.69) is 209 Å². The third-order valence-corrected chi connectivity index (χ3v) is 12.8. The number of hydrogen-bond donors (Lipinski definition) is 0. The van der Waals surface area contributed by atoms with Gasteiger partial charge in [0.2, 0.25) is 5.95 Å². The van der Waals surface area contributed by atoms with Gasteiger partial charge in [0.25, 0.3) is 0 Å². The molecule has 9 aromatic carbocycles. The van der Waals surface area contributed by atoms with Gasteiger partial charge in [0.05, 0.1) is 39.1 Å². The fourth-order valence-electron chi connectivity index (χ4n) is 9.62. The Morgan fingerprint density at radius 3 is 1.32 bits per heavy atom. The van der Waals surface area contributed by atoms with E-state index in [9.17, 15) is 0 Å². The van der Waals surface area contributed by atoms with Gasteiger partial charge in [-0.1, -0.05) is 188 Å². The minimum Gasteiger partial charge on any atom is -0.308 e. The van der Waals surface area contributed by atoms with Crippen LogP contribution in [0.1, 0.15) is 0 Å². The van der Waals surface area contributed by atoms with E-state index >= 15 is 0 Å². The van der Waals surface area contributed by atoms with Gasteiger partial charge in [0, 0.05) is 49.4 Å². The Morgan fingerprint density at radius 2 is 0.706 bits per heavy atom. The molecule has 0 fully saturated rings. The summed E-state index contributed by atoms with van der Waals surface area (Å²) in [6, 6.07) is 82.1. The first-order chi connectivity index (χ1) is 33.7. The molecule has 0 N–H and O–H groups in total. The zero-order valence-corrected chi connectivity index (χ0v) is 36.6. The summed E-state index contributed by atoms with van der Waals surface area (Å²) in [5.74, 6) is 2.40. The molecule has 0 bridgehead atoms. The van der Waals surface area contributed by atoms with Crippen molar-refractivity contribution in [2.45, 2.75) is 0 Å². The quantitative estimate of drug-likeness (QED) is 0.152. The zero-order valence-electron chi connectivity index (χ0n) is 36.6. The van der Waals surface area contributed by atoms with E-state index in [4.69, 9.17) is 24.9 Å². The Bertz CT molecular complexity index is 3950. The SMILES string of the molecule is c1ccc(-c2cccc(-c3nc(-c4ccccc4)nc(-n4c5ccccc5c5cc6c(cc54)c4ccccc4n6-c4ccccc4-c4nc(-c5ccccc5)cc(-c5ccccc5)n4)n3)c2)cc1. The summed E-state index contributed by atoms with van der Waals surface area (Å²) in [6.45, 7) is 0. The Balaban J connectivity index is 1.05. The van der Waals surface area contributed by atoms with Crippen molar-refractivity contribution in [3.05, 3.63) is 237 Å². The van der Waals surface area contributed by atoms with Crippen LogP contribution in [-0.2, 0) is 0 Å². The van der Waals surface area contributed by atoms with Gasteiger partial charge in [-0.15, -0.1) is 0 Å². The van der Waals surface area contributed by atoms with Gasteiger partial charge in [-0.25, -0.2) is 15.0 Å². The number of hydrogen-bond acceptors (Lipinski definition) is 5. The van der Waals surface area contributed by atoms with Crippen molar-refractivity contribution in [2.24, 2.45) is 0 Å². The second kappa shape index (κ2) is 16.3. The van der Waals surface area contributed by atoms with E-state index in [1.165, 1.54) is 0 Å². The largest absolute Gasteiger partial charge is 0.308 e. The monoisotopic (exact) mass is 869 g/mol. The summed E-state index contributed by atoms with van der Waals surface area (Å²) < 4.78 is 4.58. The predicted molar refractivity (Wildman–Crippen MR) is 277 cm³/mol. The molecule has 68 heavy (non-hydrogen) atoms. The van der Waals surface area contributed by atoms with Crippen LogP contribution in [-0.4, -0.2) is 34.1 Å². The molecule has 0 spiro atoms. The van der Waals surface area contributed by atoms with Crippen LogP contribution in [0, 0.1) is 0 Å². The number of fused-ring (bicyclic) bond motifs is 6. The molecule has 13 rings (SSSR count). The molecule has 0 saturated carbocycles. The highest BCUT2D eigenvalue weighted by atomic mass is 15.2. The Kier molecular flexibility index (Phi) is 9.35. The lowest BCUT2D eigenvalue weighted by molar-refractivity contribution is 0.954. The summed E-state index contributed by atoms with van der Waals surface area (Å²) >= 11 is 0. The lowest BCUT2D eigenvalue weighted by Gasteiger charge is -2.15. The van der Waals surface area contributed by atoms with Crippen molar-refractivity contribution >= 4 is 43.6 Å². The van der Waals surface area contributed by atoms with Crippen molar-refractivity contribution in [1.29, 1.82) is 0 Å². The van der Waals surface area contributed by atoms with E-state index in [1.54, 1.807) is 0 Å². The molecule has 0 aliphatic heterocycles. The van der Waals surface area contributed by atoms with E-state index in [-0.39, 0.29) is 0 Å². The molecule has 7 nitrogen and oxygen atoms in total. The maximum absolute atomic E-state index is 5.33. The molecule has 0 aliphatic carbocycles. The first kappa shape index (κ1) is 39.1. The normalized spacial score (nSPS) is 11.5. The number of benzene rings is 9. The van der Waals surface area contributed by atoms with Crippen molar-refractivity contribution in [3.8, 4) is 79.4 Å². The van der Waals surface area contributed by atoms with Crippen LogP contribution in [0.25, 0.3) is 123 Å². The summed E-state index contributed by atoms with van der Waals surface area (Å²) in [7, 11) is 0. The van der Waals surface area contributed by atoms with Crippen molar-refractivity contribution < 1.29 is 0 Å². The fraction of sp³-hybridized carbons (Fsp3) is 0. The average Bonchev–Trinajstić information content (AvgIpc) is 3.92. The number of para-hydroxylation sites is 3. The first-order valence-electron chi connectivity index (χ1n) is 22.8. The lowest BCUT2D eigenvalue weighted by atomic mass is 10.0. The van der Waals surface area contributed by atoms with Crippen LogP contribution in [0.4, 0.5) is 0 Å². The van der Waals surface area contributed by atoms with Crippen molar-refractivity contribution in [3.63, 3.8) is 0 Å². The molecular formula is C61H39N7. The van der Waals surface area contributed by atoms with E-state index in [0.717, 1.165) is 99.6 Å². The molecule has 0 unspecified atom stereocenters. The van der Waals surface area contributed by atoms with Gasteiger partial charge in [-0.2, -0.15) is 9.97 Å². The average molecular weight is 870 g/mol. The maximum atomic E-state index is 5.33. The third-order valence-electron chi connectivity index (χ3n) is 12.8. The summed E-state index contributed by atoms with van der Waals surface area (Å²) in [5.41, 5.74) is 13.9. The van der Waals surface area contributed by atoms with Crippen LogP contribution >= 0.6 is 0 Å². The standard InChI is InChI=1S/C61H39N7/c1-5-20-40(21-6-1)44-28-19-29-45(36-44)59-64-58(43-26-11-4-12-27-43)65-61(66-59)68-54-34-17-14-31-47(54)50-37-56-49(38-57(50)68)46-30-13-16-33-53(46)67(56)55-35-18-15-32-48(55)60-62-51(41-22-7-2-8-23-41)39-52(63-60)42-24-9-3-10-25-42/h1-39H. The molecule has 0 aliphatic rings. The number of nitrogens with zero attached hydrogens (tertiary/aromatic N) is 7. The summed E-state index contributed by atoms with van der Waals surface area (Å²) in [5, 5.41) is 4.40. The molecule has 318 valence electrons. The van der Waals surface area contributed by atoms with Crippen LogP contribution in [0.5, 0.6) is 0 Å². The van der Waals surface area contributed by atoms with Crippen molar-refractivity contribution in [2.75, 3.05) is 0 Å². The second-order valence-electron chi connectivity index (χ2n) is 16.9. The van der Waals surface area contributed by atoms with Gasteiger partial charge < -0.3 is 4.57 Å². The molecule has 4 heterocycles. The van der Waals surface area contributed by atoms with Gasteiger partial charge in [0.15, 0.2) is 17.5 Å². The Hall–Kier alpha value is -9.33. The predicted octanol–water partition coefficient (Wildman–Crippen LogP) is 14.9. The van der Waals surface area contributed by atoms with Crippen LogP contribution in [0.3, 0.4) is 0 Å². The van der Waals surface area contributed by atoms with E-state index in [0.29, 0.717) is 23.4 Å². The first-order valence-corrected chi connectivity index (χ1v) is 22.8. The molecule has 13 aromatic rings. The van der Waals surface area contributed by atoms with E-state index in [1.807, 2.05) is 36.4 Å². The molecule has 7 heteroatoms. The molecular weight excluding hydrogens is 831 g/mol. The highest BCUT2D eigenvalue weighted by molar-refractivity contribution is 6.19. The minimum absolute atomic E-state index is 0.545. The van der Waals surface area contributed by atoms with Gasteiger partial charge in [-0.3, -0.25) is 4.57 Å². The third kappa shape index (κ3) is 6.72. The molecule has 0 saturated heterocycles. The molecule has 0 radical (unpaired) electrons. The Labute approximate surface area is 392 Å². The molecule has 4 aromatic heterocycles. The van der Waals surface area contributed by atoms with Crippen LogP contribution in [0.15, 0.2) is 237 Å². The maximum Gasteiger partial charge on any atom is 0.238 e. The second-order valence-corrected chi connectivity index (χ2v) is 16.9. The zero-order chi connectivity index (χ0) is 45.0. The molecule has 0 atom stereocenters. The topological polar surface area (TPSA) is 74.3 Å².